The van der Waals surface area contributed by atoms with E-state index in [1.807, 2.05) is 12.4 Å². The lowest BCUT2D eigenvalue weighted by atomic mass is 10.0. The molecule has 3 rings (SSSR count). The molecule has 0 radical (unpaired) electrons. The molecule has 2 aromatic heterocycles. The van der Waals surface area contributed by atoms with Crippen molar-refractivity contribution in [3.63, 3.8) is 0 Å². The summed E-state index contributed by atoms with van der Waals surface area (Å²) in [6.45, 7) is 13.6. The molecule has 1 aromatic carbocycles. The average Bonchev–Trinajstić information content (AvgIpc) is 3.07. The molecule has 0 fully saturated rings. The molecule has 0 aliphatic rings. The second kappa shape index (κ2) is 8.24. The van der Waals surface area contributed by atoms with Crippen LogP contribution in [0.4, 0.5) is 5.82 Å². The van der Waals surface area contributed by atoms with Crippen LogP contribution >= 0.6 is 0 Å². The molecule has 2 atom stereocenters. The van der Waals surface area contributed by atoms with Gasteiger partial charge in [0, 0.05) is 0 Å². The van der Waals surface area contributed by atoms with Crippen molar-refractivity contribution in [1.29, 1.82) is 0 Å². The van der Waals surface area contributed by atoms with Gasteiger partial charge in [-0.05, 0) is 43.5 Å². The molecule has 0 aliphatic heterocycles. The summed E-state index contributed by atoms with van der Waals surface area (Å²) in [6.07, 6.45) is 5.24. The maximum Gasteiger partial charge on any atom is 0.192 e. The fourth-order valence-corrected chi connectivity index (χ4v) is 4.83. The van der Waals surface area contributed by atoms with Crippen molar-refractivity contribution in [3.8, 4) is 0 Å². The Hall–Kier alpha value is -2.25. The molecular formula is C22H33N5OSi. The molecule has 3 aromatic rings. The first-order valence-corrected chi connectivity index (χ1v) is 13.2. The predicted octanol–water partition coefficient (Wildman–Crippen LogP) is 4.99. The minimum atomic E-state index is -1.92. The van der Waals surface area contributed by atoms with Crippen LogP contribution in [0.2, 0.25) is 18.1 Å². The molecule has 29 heavy (non-hydrogen) atoms. The Morgan fingerprint density at radius 3 is 2.45 bits per heavy atom. The van der Waals surface area contributed by atoms with E-state index < -0.39 is 8.32 Å². The largest absolute Gasteiger partial charge is 0.412 e. The summed E-state index contributed by atoms with van der Waals surface area (Å²) in [5, 5.41) is 0.148. The summed E-state index contributed by atoms with van der Waals surface area (Å²) < 4.78 is 8.89. The van der Waals surface area contributed by atoms with Gasteiger partial charge in [0.25, 0.3) is 0 Å². The van der Waals surface area contributed by atoms with Gasteiger partial charge < -0.3 is 14.7 Å². The van der Waals surface area contributed by atoms with Crippen LogP contribution in [0.25, 0.3) is 11.2 Å². The number of rotatable bonds is 7. The van der Waals surface area contributed by atoms with E-state index in [1.54, 1.807) is 0 Å². The van der Waals surface area contributed by atoms with Crippen LogP contribution in [0.3, 0.4) is 0 Å². The van der Waals surface area contributed by atoms with E-state index in [0.29, 0.717) is 11.3 Å². The number of aryl methyl sites for hydroxylation is 1. The van der Waals surface area contributed by atoms with E-state index >= 15 is 0 Å². The van der Waals surface area contributed by atoms with E-state index in [4.69, 9.17) is 10.2 Å². The molecular weight excluding hydrogens is 378 g/mol. The van der Waals surface area contributed by atoms with Gasteiger partial charge in [0.1, 0.15) is 11.8 Å². The van der Waals surface area contributed by atoms with E-state index in [-0.39, 0.29) is 17.2 Å². The van der Waals surface area contributed by atoms with Crippen LogP contribution < -0.4 is 5.73 Å². The Labute approximate surface area is 174 Å². The van der Waals surface area contributed by atoms with Gasteiger partial charge >= 0.3 is 0 Å². The summed E-state index contributed by atoms with van der Waals surface area (Å²) in [6, 6.07) is 10.7. The van der Waals surface area contributed by atoms with Gasteiger partial charge in [-0.3, -0.25) is 0 Å². The number of nitrogens with zero attached hydrogens (tertiary/aromatic N) is 4. The van der Waals surface area contributed by atoms with E-state index in [9.17, 15) is 0 Å². The van der Waals surface area contributed by atoms with Gasteiger partial charge in [0.05, 0.1) is 18.5 Å². The molecule has 156 valence electrons. The van der Waals surface area contributed by atoms with Crippen molar-refractivity contribution in [3.05, 3.63) is 48.5 Å². The standard InChI is InChI=1S/C22H33N5OSi/c1-16(28-29(5,6)22(2,3)4)18(13-12-17-10-8-7-9-11-17)27-15-26-19-20(23)24-14-25-21(19)27/h7-11,14-16,18H,12-13H2,1-6H3,(H2,23,24,25)/t16-,18+/m0/s1. The van der Waals surface area contributed by atoms with Gasteiger partial charge in [-0.1, -0.05) is 51.1 Å². The normalized spacial score (nSPS) is 14.8. The van der Waals surface area contributed by atoms with Crippen LogP contribution in [0.5, 0.6) is 0 Å². The third kappa shape index (κ3) is 4.67. The van der Waals surface area contributed by atoms with Crippen molar-refractivity contribution in [2.75, 3.05) is 5.73 Å². The van der Waals surface area contributed by atoms with Gasteiger partial charge in [-0.15, -0.1) is 0 Å². The van der Waals surface area contributed by atoms with E-state index in [2.05, 4.69) is 84.6 Å². The van der Waals surface area contributed by atoms with Crippen LogP contribution in [-0.2, 0) is 10.8 Å². The summed E-state index contributed by atoms with van der Waals surface area (Å²) >= 11 is 0. The lowest BCUT2D eigenvalue weighted by Gasteiger charge is -2.40. The molecule has 2 N–H and O–H groups in total. The maximum absolute atomic E-state index is 6.77. The number of anilines is 1. The van der Waals surface area contributed by atoms with Gasteiger partial charge in [-0.25, -0.2) is 15.0 Å². The molecule has 0 amide bonds. The van der Waals surface area contributed by atoms with Gasteiger partial charge in [-0.2, -0.15) is 0 Å². The number of imidazole rings is 1. The number of hydrogen-bond acceptors (Lipinski definition) is 5. The smallest absolute Gasteiger partial charge is 0.192 e. The number of benzene rings is 1. The Morgan fingerprint density at radius 1 is 1.10 bits per heavy atom. The fourth-order valence-electron chi connectivity index (χ4n) is 3.39. The third-order valence-corrected chi connectivity index (χ3v) is 10.7. The molecule has 0 bridgehead atoms. The molecule has 7 heteroatoms. The second-order valence-electron chi connectivity index (χ2n) is 9.26. The van der Waals surface area contributed by atoms with Crippen molar-refractivity contribution in [2.45, 2.75) is 70.8 Å². The molecule has 6 nitrogen and oxygen atoms in total. The average molecular weight is 412 g/mol. The number of aromatic nitrogens is 4. The zero-order chi connectivity index (χ0) is 21.2. The van der Waals surface area contributed by atoms with Gasteiger partial charge in [0.2, 0.25) is 0 Å². The highest BCUT2D eigenvalue weighted by atomic mass is 28.4. The monoisotopic (exact) mass is 411 g/mol. The van der Waals surface area contributed by atoms with Crippen molar-refractivity contribution in [2.24, 2.45) is 0 Å². The molecule has 0 saturated heterocycles. The van der Waals surface area contributed by atoms with Crippen LogP contribution in [0.1, 0.15) is 45.7 Å². The summed E-state index contributed by atoms with van der Waals surface area (Å²) in [5.74, 6) is 0.411. The number of nitrogens with two attached hydrogens (primary N) is 1. The highest BCUT2D eigenvalue weighted by Gasteiger charge is 2.40. The number of hydrogen-bond donors (Lipinski definition) is 1. The number of nitrogen functional groups attached to an aromatic ring is 1. The van der Waals surface area contributed by atoms with E-state index in [1.165, 1.54) is 11.9 Å². The third-order valence-electron chi connectivity index (χ3n) is 6.14. The van der Waals surface area contributed by atoms with E-state index in [0.717, 1.165) is 18.5 Å². The van der Waals surface area contributed by atoms with Crippen molar-refractivity contribution < 1.29 is 4.43 Å². The molecule has 0 saturated carbocycles. The fraction of sp³-hybridized carbons (Fsp3) is 0.500. The summed E-state index contributed by atoms with van der Waals surface area (Å²) in [5.41, 5.74) is 8.75. The zero-order valence-corrected chi connectivity index (χ0v) is 19.4. The van der Waals surface area contributed by atoms with Crippen molar-refractivity contribution >= 4 is 25.3 Å². The molecule has 0 spiro atoms. The lowest BCUT2D eigenvalue weighted by molar-refractivity contribution is 0.134. The highest BCUT2D eigenvalue weighted by molar-refractivity contribution is 6.74. The Balaban J connectivity index is 1.93. The Bertz CT molecular complexity index is 949. The lowest BCUT2D eigenvalue weighted by Crippen LogP contribution is -2.45. The predicted molar refractivity (Wildman–Crippen MR) is 121 cm³/mol. The van der Waals surface area contributed by atoms with Crippen LogP contribution in [0, 0.1) is 0 Å². The molecule has 2 heterocycles. The van der Waals surface area contributed by atoms with Crippen LogP contribution in [0.15, 0.2) is 43.0 Å². The minimum Gasteiger partial charge on any atom is -0.412 e. The first-order valence-electron chi connectivity index (χ1n) is 10.2. The second-order valence-corrected chi connectivity index (χ2v) is 14.0. The van der Waals surface area contributed by atoms with Crippen LogP contribution in [-0.4, -0.2) is 33.9 Å². The molecule has 0 unspecified atom stereocenters. The Kier molecular flexibility index (Phi) is 6.10. The zero-order valence-electron chi connectivity index (χ0n) is 18.4. The summed E-state index contributed by atoms with van der Waals surface area (Å²) in [7, 11) is -1.92. The molecule has 0 aliphatic carbocycles. The highest BCUT2D eigenvalue weighted by Crippen LogP contribution is 2.39. The summed E-state index contributed by atoms with van der Waals surface area (Å²) in [4.78, 5) is 13.0. The maximum atomic E-state index is 6.77. The first-order chi connectivity index (χ1) is 13.6. The first kappa shape index (κ1) is 21.5. The van der Waals surface area contributed by atoms with Gasteiger partial charge in [0.15, 0.2) is 19.8 Å². The SMILES string of the molecule is C[C@H](O[Si](C)(C)C(C)(C)C)[C@@H](CCc1ccccc1)n1cnc2c(N)ncnc21. The van der Waals surface area contributed by atoms with Crippen molar-refractivity contribution in [1.82, 2.24) is 19.5 Å². The minimum absolute atomic E-state index is 0.0215. The Morgan fingerprint density at radius 2 is 1.79 bits per heavy atom. The topological polar surface area (TPSA) is 78.9 Å². The number of fused-ring (bicyclic) bond motifs is 1. The quantitative estimate of drug-likeness (QED) is 0.554.